The van der Waals surface area contributed by atoms with Crippen molar-refractivity contribution >= 4 is 11.6 Å². The van der Waals surface area contributed by atoms with Crippen molar-refractivity contribution in [3.63, 3.8) is 0 Å². The normalized spacial score (nSPS) is 20.4. The van der Waals surface area contributed by atoms with Crippen molar-refractivity contribution in [2.24, 2.45) is 11.7 Å². The van der Waals surface area contributed by atoms with Gasteiger partial charge in [-0.2, -0.15) is 0 Å². The Morgan fingerprint density at radius 1 is 1.47 bits per heavy atom. The predicted molar refractivity (Wildman–Crippen MR) is 70.0 cm³/mol. The van der Waals surface area contributed by atoms with Crippen LogP contribution < -0.4 is 10.6 Å². The van der Waals surface area contributed by atoms with Gasteiger partial charge in [-0.1, -0.05) is 26.0 Å². The van der Waals surface area contributed by atoms with Crippen LogP contribution in [0.25, 0.3) is 0 Å². The zero-order valence-electron chi connectivity index (χ0n) is 10.5. The molecule has 0 radical (unpaired) electrons. The number of benzene rings is 1. The molecule has 0 aromatic heterocycles. The molecule has 3 nitrogen and oxygen atoms in total. The molecule has 0 bridgehead atoms. The standard InChI is InChI=1S/C14H20N2O/c1-10(2)12-4-3-5-13(7-12)16-9-11(8-15)6-14(16)17/h3-5,7,10-11H,6,8-9,15H2,1-2H3. The fourth-order valence-electron chi connectivity index (χ4n) is 2.24. The van der Waals surface area contributed by atoms with Crippen LogP contribution in [0.1, 0.15) is 31.7 Å². The Morgan fingerprint density at radius 2 is 2.24 bits per heavy atom. The molecule has 1 heterocycles. The topological polar surface area (TPSA) is 46.3 Å². The van der Waals surface area contributed by atoms with Gasteiger partial charge in [0.05, 0.1) is 0 Å². The van der Waals surface area contributed by atoms with E-state index in [4.69, 9.17) is 5.73 Å². The van der Waals surface area contributed by atoms with Crippen molar-refractivity contribution in [2.75, 3.05) is 18.0 Å². The van der Waals surface area contributed by atoms with Gasteiger partial charge in [-0.25, -0.2) is 0 Å². The van der Waals surface area contributed by atoms with Crippen LogP contribution in [0.4, 0.5) is 5.69 Å². The molecule has 92 valence electrons. The van der Waals surface area contributed by atoms with Crippen molar-refractivity contribution in [3.05, 3.63) is 29.8 Å². The van der Waals surface area contributed by atoms with Gasteiger partial charge in [0.25, 0.3) is 0 Å². The number of hydrogen-bond donors (Lipinski definition) is 1. The molecular weight excluding hydrogens is 212 g/mol. The molecule has 0 spiro atoms. The van der Waals surface area contributed by atoms with E-state index >= 15 is 0 Å². The highest BCUT2D eigenvalue weighted by Crippen LogP contribution is 2.27. The molecule has 1 fully saturated rings. The molecule has 1 aliphatic rings. The number of amides is 1. The Morgan fingerprint density at radius 3 is 2.82 bits per heavy atom. The van der Waals surface area contributed by atoms with Crippen LogP contribution in [0.3, 0.4) is 0 Å². The van der Waals surface area contributed by atoms with Gasteiger partial charge >= 0.3 is 0 Å². The largest absolute Gasteiger partial charge is 0.330 e. The van der Waals surface area contributed by atoms with E-state index in [-0.39, 0.29) is 5.91 Å². The zero-order valence-corrected chi connectivity index (χ0v) is 10.5. The van der Waals surface area contributed by atoms with Gasteiger partial charge < -0.3 is 10.6 Å². The SMILES string of the molecule is CC(C)c1cccc(N2CC(CN)CC2=O)c1. The minimum atomic E-state index is 0.196. The average Bonchev–Trinajstić information content (AvgIpc) is 2.71. The smallest absolute Gasteiger partial charge is 0.227 e. The number of nitrogens with zero attached hydrogens (tertiary/aromatic N) is 1. The second-order valence-electron chi connectivity index (χ2n) is 5.06. The second-order valence-corrected chi connectivity index (χ2v) is 5.06. The third-order valence-electron chi connectivity index (χ3n) is 3.39. The average molecular weight is 232 g/mol. The highest BCUT2D eigenvalue weighted by molar-refractivity contribution is 5.95. The number of rotatable bonds is 3. The molecule has 17 heavy (non-hydrogen) atoms. The van der Waals surface area contributed by atoms with Gasteiger partial charge in [0.15, 0.2) is 0 Å². The molecule has 1 amide bonds. The van der Waals surface area contributed by atoms with Crippen LogP contribution in [0.15, 0.2) is 24.3 Å². The summed E-state index contributed by atoms with van der Waals surface area (Å²) in [6, 6.07) is 8.24. The first-order chi connectivity index (χ1) is 8.11. The summed E-state index contributed by atoms with van der Waals surface area (Å²) in [6.45, 7) is 5.67. The summed E-state index contributed by atoms with van der Waals surface area (Å²) in [5, 5.41) is 0. The Hall–Kier alpha value is -1.35. The van der Waals surface area contributed by atoms with E-state index in [1.807, 2.05) is 17.0 Å². The van der Waals surface area contributed by atoms with Crippen molar-refractivity contribution in [1.29, 1.82) is 0 Å². The number of nitrogens with two attached hydrogens (primary N) is 1. The maximum atomic E-state index is 11.9. The Labute approximate surface area is 103 Å². The van der Waals surface area contributed by atoms with E-state index in [2.05, 4.69) is 26.0 Å². The molecule has 3 heteroatoms. The molecule has 1 atom stereocenters. The van der Waals surface area contributed by atoms with Gasteiger partial charge in [-0.05, 0) is 36.1 Å². The number of carbonyl (C=O) groups excluding carboxylic acids is 1. The molecule has 1 aromatic carbocycles. The van der Waals surface area contributed by atoms with Crippen LogP contribution in [0, 0.1) is 5.92 Å². The minimum absolute atomic E-state index is 0.196. The lowest BCUT2D eigenvalue weighted by atomic mass is 10.0. The molecule has 1 unspecified atom stereocenters. The third-order valence-corrected chi connectivity index (χ3v) is 3.39. The summed E-state index contributed by atoms with van der Waals surface area (Å²) >= 11 is 0. The molecule has 1 aromatic rings. The van der Waals surface area contributed by atoms with Crippen LogP contribution in [-0.4, -0.2) is 19.0 Å². The van der Waals surface area contributed by atoms with Crippen molar-refractivity contribution in [3.8, 4) is 0 Å². The molecule has 1 saturated heterocycles. The van der Waals surface area contributed by atoms with E-state index in [0.29, 0.717) is 24.8 Å². The fraction of sp³-hybridized carbons (Fsp3) is 0.500. The van der Waals surface area contributed by atoms with E-state index < -0.39 is 0 Å². The quantitative estimate of drug-likeness (QED) is 0.867. The molecule has 1 aliphatic heterocycles. The Kier molecular flexibility index (Phi) is 3.48. The summed E-state index contributed by atoms with van der Waals surface area (Å²) in [7, 11) is 0. The summed E-state index contributed by atoms with van der Waals surface area (Å²) in [5.74, 6) is 0.990. The minimum Gasteiger partial charge on any atom is -0.330 e. The number of hydrogen-bond acceptors (Lipinski definition) is 2. The van der Waals surface area contributed by atoms with Gasteiger partial charge in [0, 0.05) is 18.7 Å². The monoisotopic (exact) mass is 232 g/mol. The maximum Gasteiger partial charge on any atom is 0.227 e. The van der Waals surface area contributed by atoms with Gasteiger partial charge in [-0.15, -0.1) is 0 Å². The Balaban J connectivity index is 2.22. The fourth-order valence-corrected chi connectivity index (χ4v) is 2.24. The Bertz CT molecular complexity index is 414. The van der Waals surface area contributed by atoms with Crippen LogP contribution in [-0.2, 0) is 4.79 Å². The lowest BCUT2D eigenvalue weighted by Crippen LogP contribution is -2.25. The van der Waals surface area contributed by atoms with Crippen LogP contribution in [0.2, 0.25) is 0 Å². The predicted octanol–water partition coefficient (Wildman–Crippen LogP) is 2.12. The highest BCUT2D eigenvalue weighted by atomic mass is 16.2. The van der Waals surface area contributed by atoms with E-state index in [0.717, 1.165) is 12.2 Å². The molecular formula is C14H20N2O. The number of anilines is 1. The summed E-state index contributed by atoms with van der Waals surface area (Å²) in [4.78, 5) is 13.8. The van der Waals surface area contributed by atoms with E-state index in [9.17, 15) is 4.79 Å². The molecule has 2 N–H and O–H groups in total. The van der Waals surface area contributed by atoms with E-state index in [1.54, 1.807) is 0 Å². The maximum absolute atomic E-state index is 11.9. The lowest BCUT2D eigenvalue weighted by Gasteiger charge is -2.18. The van der Waals surface area contributed by atoms with Crippen molar-refractivity contribution in [1.82, 2.24) is 0 Å². The van der Waals surface area contributed by atoms with Crippen molar-refractivity contribution in [2.45, 2.75) is 26.2 Å². The molecule has 0 aliphatic carbocycles. The zero-order chi connectivity index (χ0) is 12.4. The van der Waals surface area contributed by atoms with Gasteiger partial charge in [-0.3, -0.25) is 4.79 Å². The van der Waals surface area contributed by atoms with Crippen molar-refractivity contribution < 1.29 is 4.79 Å². The highest BCUT2D eigenvalue weighted by Gasteiger charge is 2.29. The first-order valence-corrected chi connectivity index (χ1v) is 6.22. The lowest BCUT2D eigenvalue weighted by molar-refractivity contribution is -0.117. The third kappa shape index (κ3) is 2.50. The molecule has 0 saturated carbocycles. The van der Waals surface area contributed by atoms with Gasteiger partial charge in [0.2, 0.25) is 5.91 Å². The second kappa shape index (κ2) is 4.88. The molecule has 2 rings (SSSR count). The van der Waals surface area contributed by atoms with Crippen LogP contribution in [0.5, 0.6) is 0 Å². The summed E-state index contributed by atoms with van der Waals surface area (Å²) in [5.41, 5.74) is 7.92. The summed E-state index contributed by atoms with van der Waals surface area (Å²) < 4.78 is 0. The number of carbonyl (C=O) groups is 1. The summed E-state index contributed by atoms with van der Waals surface area (Å²) in [6.07, 6.45) is 0.586. The van der Waals surface area contributed by atoms with Gasteiger partial charge in [0.1, 0.15) is 0 Å². The van der Waals surface area contributed by atoms with Crippen LogP contribution >= 0.6 is 0 Å². The van der Waals surface area contributed by atoms with E-state index in [1.165, 1.54) is 5.56 Å². The first-order valence-electron chi connectivity index (χ1n) is 6.22. The first kappa shape index (κ1) is 12.1.